The summed E-state index contributed by atoms with van der Waals surface area (Å²) in [7, 11) is 0. The van der Waals surface area contributed by atoms with Crippen molar-refractivity contribution in [1.82, 2.24) is 15.2 Å². The van der Waals surface area contributed by atoms with Crippen LogP contribution in [0.15, 0.2) is 72.9 Å². The van der Waals surface area contributed by atoms with E-state index in [9.17, 15) is 9.59 Å². The molecule has 3 amide bonds. The van der Waals surface area contributed by atoms with Crippen molar-refractivity contribution in [2.75, 3.05) is 18.4 Å². The number of carbonyl (C=O) groups excluding carboxylic acids is 2. The Labute approximate surface area is 228 Å². The number of anilines is 1. The van der Waals surface area contributed by atoms with Crippen molar-refractivity contribution in [3.63, 3.8) is 0 Å². The Morgan fingerprint density at radius 3 is 2.56 bits per heavy atom. The van der Waals surface area contributed by atoms with Gasteiger partial charge in [0.05, 0.1) is 11.6 Å². The number of rotatable bonds is 6. The number of fused-ring (bicyclic) bond motifs is 1. The smallest absolute Gasteiger partial charge is 0.319 e. The van der Waals surface area contributed by atoms with Gasteiger partial charge in [-0.15, -0.1) is 0 Å². The van der Waals surface area contributed by atoms with Crippen LogP contribution in [0, 0.1) is 18.3 Å². The van der Waals surface area contributed by atoms with Gasteiger partial charge >= 0.3 is 6.03 Å². The minimum atomic E-state index is -0.293. The molecule has 3 N–H and O–H groups in total. The van der Waals surface area contributed by atoms with Gasteiger partial charge in [-0.1, -0.05) is 36.4 Å². The zero-order valence-corrected chi connectivity index (χ0v) is 22.3. The van der Waals surface area contributed by atoms with E-state index in [1.807, 2.05) is 79.5 Å². The Kier molecular flexibility index (Phi) is 7.64. The van der Waals surface area contributed by atoms with E-state index < -0.39 is 0 Å². The third kappa shape index (κ3) is 5.96. The second kappa shape index (κ2) is 11.4. The largest absolute Gasteiger partial charge is 0.361 e. The highest BCUT2D eigenvalue weighted by Crippen LogP contribution is 2.29. The first-order chi connectivity index (χ1) is 18.9. The maximum Gasteiger partial charge on any atom is 0.319 e. The number of nitrogens with zero attached hydrogens (tertiary/aromatic N) is 2. The fourth-order valence-corrected chi connectivity index (χ4v) is 5.38. The number of benzene rings is 3. The van der Waals surface area contributed by atoms with E-state index in [2.05, 4.69) is 27.8 Å². The maximum atomic E-state index is 13.3. The molecule has 1 aliphatic heterocycles. The summed E-state index contributed by atoms with van der Waals surface area (Å²) in [5.41, 5.74) is 6.21. The van der Waals surface area contributed by atoms with Gasteiger partial charge < -0.3 is 20.5 Å². The summed E-state index contributed by atoms with van der Waals surface area (Å²) < 4.78 is 0. The third-order valence-corrected chi connectivity index (χ3v) is 7.60. The van der Waals surface area contributed by atoms with Gasteiger partial charge in [0.15, 0.2) is 0 Å². The van der Waals surface area contributed by atoms with Gasteiger partial charge in [0.25, 0.3) is 5.91 Å². The molecule has 0 radical (unpaired) electrons. The van der Waals surface area contributed by atoms with Crippen LogP contribution in [0.2, 0.25) is 0 Å². The van der Waals surface area contributed by atoms with Crippen molar-refractivity contribution < 1.29 is 9.59 Å². The molecular weight excluding hydrogens is 486 g/mol. The Morgan fingerprint density at radius 1 is 1.08 bits per heavy atom. The summed E-state index contributed by atoms with van der Waals surface area (Å²) >= 11 is 0. The van der Waals surface area contributed by atoms with Crippen LogP contribution in [-0.2, 0) is 6.42 Å². The number of aromatic nitrogens is 1. The molecule has 1 unspecified atom stereocenters. The van der Waals surface area contributed by atoms with Gasteiger partial charge in [-0.3, -0.25) is 4.79 Å². The number of para-hydroxylation sites is 1. The molecule has 2 heterocycles. The van der Waals surface area contributed by atoms with Crippen LogP contribution in [0.3, 0.4) is 0 Å². The predicted octanol–water partition coefficient (Wildman–Crippen LogP) is 6.12. The van der Waals surface area contributed by atoms with E-state index in [1.165, 1.54) is 5.56 Å². The number of aryl methyl sites for hydroxylation is 1. The monoisotopic (exact) mass is 519 g/mol. The highest BCUT2D eigenvalue weighted by atomic mass is 16.2. The Bertz CT molecular complexity index is 1520. The molecule has 39 heavy (non-hydrogen) atoms. The average molecular weight is 520 g/mol. The number of hydrogen-bond acceptors (Lipinski definition) is 3. The van der Waals surface area contributed by atoms with E-state index in [-0.39, 0.29) is 18.0 Å². The lowest BCUT2D eigenvalue weighted by Gasteiger charge is -2.32. The van der Waals surface area contributed by atoms with Crippen LogP contribution < -0.4 is 10.6 Å². The Hall–Kier alpha value is -4.57. The predicted molar refractivity (Wildman–Crippen MR) is 154 cm³/mol. The number of likely N-dealkylation sites (tertiary alicyclic amines) is 1. The van der Waals surface area contributed by atoms with Crippen LogP contribution >= 0.6 is 0 Å². The van der Waals surface area contributed by atoms with Gasteiger partial charge in [0.2, 0.25) is 0 Å². The molecule has 198 valence electrons. The molecule has 0 bridgehead atoms. The standard InChI is InChI=1S/C32H33N5O2/c1-21-7-10-26(31(38)37-15-13-25(14-16-37)24-11-8-23(19-33)9-12-24)18-30(21)36-32(39)35-22(2)17-27-20-34-29-6-4-3-5-28(27)29/h3-12,18,20,22,25,34H,13-17H2,1-2H3,(H2,35,36,39). The molecule has 1 aliphatic rings. The third-order valence-electron chi connectivity index (χ3n) is 7.60. The number of aromatic amines is 1. The second-order valence-electron chi connectivity index (χ2n) is 10.4. The van der Waals surface area contributed by atoms with Crippen molar-refractivity contribution in [3.8, 4) is 6.07 Å². The molecule has 4 aromatic rings. The lowest BCUT2D eigenvalue weighted by molar-refractivity contribution is 0.0713. The first-order valence-electron chi connectivity index (χ1n) is 13.4. The Morgan fingerprint density at radius 2 is 1.82 bits per heavy atom. The van der Waals surface area contributed by atoms with Gasteiger partial charge in [-0.25, -0.2) is 4.79 Å². The quantitative estimate of drug-likeness (QED) is 0.286. The minimum absolute atomic E-state index is 0.0237. The summed E-state index contributed by atoms with van der Waals surface area (Å²) in [4.78, 5) is 31.3. The van der Waals surface area contributed by atoms with Gasteiger partial charge in [0.1, 0.15) is 0 Å². The first-order valence-corrected chi connectivity index (χ1v) is 13.4. The zero-order chi connectivity index (χ0) is 27.4. The molecule has 1 fully saturated rings. The maximum absolute atomic E-state index is 13.3. The SMILES string of the molecule is Cc1ccc(C(=O)N2CCC(c3ccc(C#N)cc3)CC2)cc1NC(=O)NC(C)Cc1c[nH]c2ccccc12. The number of nitriles is 1. The van der Waals surface area contributed by atoms with Gasteiger partial charge in [-0.2, -0.15) is 5.26 Å². The molecule has 1 aromatic heterocycles. The van der Waals surface area contributed by atoms with Gasteiger partial charge in [-0.05, 0) is 86.1 Å². The minimum Gasteiger partial charge on any atom is -0.361 e. The number of hydrogen-bond donors (Lipinski definition) is 3. The van der Waals surface area contributed by atoms with Crippen LogP contribution in [-0.4, -0.2) is 41.0 Å². The first kappa shape index (κ1) is 26.1. The normalized spacial score (nSPS) is 14.5. The molecule has 1 saturated heterocycles. The van der Waals surface area contributed by atoms with Crippen LogP contribution in [0.5, 0.6) is 0 Å². The highest BCUT2D eigenvalue weighted by Gasteiger charge is 2.25. The number of carbonyl (C=O) groups is 2. The van der Waals surface area contributed by atoms with Crippen molar-refractivity contribution in [3.05, 3.63) is 101 Å². The van der Waals surface area contributed by atoms with Crippen LogP contribution in [0.1, 0.15) is 58.3 Å². The van der Waals surface area contributed by atoms with E-state index in [0.717, 1.165) is 34.9 Å². The Balaban J connectivity index is 1.17. The molecule has 5 rings (SSSR count). The number of piperidine rings is 1. The van der Waals surface area contributed by atoms with Crippen LogP contribution in [0.4, 0.5) is 10.5 Å². The molecule has 0 saturated carbocycles. The van der Waals surface area contributed by atoms with E-state index >= 15 is 0 Å². The lowest BCUT2D eigenvalue weighted by Crippen LogP contribution is -2.38. The number of nitrogens with one attached hydrogen (secondary N) is 3. The number of urea groups is 1. The molecule has 3 aromatic carbocycles. The van der Waals surface area contributed by atoms with E-state index in [0.29, 0.717) is 42.2 Å². The van der Waals surface area contributed by atoms with Crippen LogP contribution in [0.25, 0.3) is 10.9 Å². The van der Waals surface area contributed by atoms with Gasteiger partial charge in [0, 0.05) is 47.5 Å². The van der Waals surface area contributed by atoms with Crippen molar-refractivity contribution >= 4 is 28.5 Å². The second-order valence-corrected chi connectivity index (χ2v) is 10.4. The van der Waals surface area contributed by atoms with Crippen molar-refractivity contribution in [1.29, 1.82) is 5.26 Å². The molecular formula is C32H33N5O2. The molecule has 7 nitrogen and oxygen atoms in total. The average Bonchev–Trinajstić information content (AvgIpc) is 3.36. The zero-order valence-electron chi connectivity index (χ0n) is 22.3. The molecule has 0 aliphatic carbocycles. The highest BCUT2D eigenvalue weighted by molar-refractivity contribution is 5.97. The fourth-order valence-electron chi connectivity index (χ4n) is 5.38. The summed E-state index contributed by atoms with van der Waals surface area (Å²) in [6, 6.07) is 23.1. The summed E-state index contributed by atoms with van der Waals surface area (Å²) in [6.45, 7) is 5.25. The van der Waals surface area contributed by atoms with E-state index in [1.54, 1.807) is 6.07 Å². The summed E-state index contributed by atoms with van der Waals surface area (Å²) in [6.07, 6.45) is 4.46. The van der Waals surface area contributed by atoms with Crippen molar-refractivity contribution in [2.24, 2.45) is 0 Å². The molecule has 0 spiro atoms. The summed E-state index contributed by atoms with van der Waals surface area (Å²) in [5.74, 6) is 0.358. The fraction of sp³-hybridized carbons (Fsp3) is 0.281. The topological polar surface area (TPSA) is 101 Å². The number of H-pyrrole nitrogens is 1. The number of amides is 3. The molecule has 7 heteroatoms. The summed E-state index contributed by atoms with van der Waals surface area (Å²) in [5, 5.41) is 16.1. The van der Waals surface area contributed by atoms with E-state index in [4.69, 9.17) is 5.26 Å². The molecule has 1 atom stereocenters. The lowest BCUT2D eigenvalue weighted by atomic mass is 9.89. The van der Waals surface area contributed by atoms with Crippen molar-refractivity contribution in [2.45, 2.75) is 45.1 Å².